The van der Waals surface area contributed by atoms with Crippen molar-refractivity contribution in [3.8, 4) is 0 Å². The van der Waals surface area contributed by atoms with E-state index in [2.05, 4.69) is 31.2 Å². The Hall–Kier alpha value is -1.59. The summed E-state index contributed by atoms with van der Waals surface area (Å²) in [5.41, 5.74) is 1.01. The van der Waals surface area contributed by atoms with Gasteiger partial charge in [-0.25, -0.2) is 4.79 Å². The number of hydrogen-bond acceptors (Lipinski definition) is 4. The summed E-state index contributed by atoms with van der Waals surface area (Å²) in [5, 5.41) is 3.57. The van der Waals surface area contributed by atoms with Gasteiger partial charge in [0.1, 0.15) is 6.61 Å². The molecule has 24 heavy (non-hydrogen) atoms. The van der Waals surface area contributed by atoms with E-state index >= 15 is 0 Å². The van der Waals surface area contributed by atoms with Crippen LogP contribution in [0.5, 0.6) is 0 Å². The van der Waals surface area contributed by atoms with E-state index in [1.807, 2.05) is 30.3 Å². The van der Waals surface area contributed by atoms with Crippen LogP contribution in [0.3, 0.4) is 0 Å². The molecule has 1 rings (SSSR count). The highest BCUT2D eigenvalue weighted by Gasteiger charge is 2.13. The molecule has 0 spiro atoms. The molecule has 0 bridgehead atoms. The highest BCUT2D eigenvalue weighted by Crippen LogP contribution is 2.04. The van der Waals surface area contributed by atoms with Crippen LogP contribution in [0.15, 0.2) is 30.3 Å². The summed E-state index contributed by atoms with van der Waals surface area (Å²) >= 11 is 0. The van der Waals surface area contributed by atoms with Crippen LogP contribution in [0.1, 0.15) is 31.7 Å². The van der Waals surface area contributed by atoms with Crippen molar-refractivity contribution in [2.24, 2.45) is 0 Å². The zero-order chi connectivity index (χ0) is 17.8. The van der Waals surface area contributed by atoms with E-state index in [1.54, 1.807) is 11.9 Å². The molecular formula is C19H33N3O2. The lowest BCUT2D eigenvalue weighted by atomic mass is 10.1. The van der Waals surface area contributed by atoms with Crippen molar-refractivity contribution in [3.63, 3.8) is 0 Å². The Morgan fingerprint density at radius 3 is 2.50 bits per heavy atom. The fourth-order valence-corrected chi connectivity index (χ4v) is 2.42. The van der Waals surface area contributed by atoms with Crippen molar-refractivity contribution in [1.82, 2.24) is 15.1 Å². The largest absolute Gasteiger partial charge is 0.445 e. The minimum absolute atomic E-state index is 0.263. The van der Waals surface area contributed by atoms with E-state index in [0.717, 1.165) is 37.9 Å². The minimum atomic E-state index is -0.263. The van der Waals surface area contributed by atoms with E-state index in [0.29, 0.717) is 19.2 Å². The quantitative estimate of drug-likeness (QED) is 0.632. The molecule has 1 aromatic carbocycles. The lowest BCUT2D eigenvalue weighted by Crippen LogP contribution is -2.36. The minimum Gasteiger partial charge on any atom is -0.445 e. The third-order valence-corrected chi connectivity index (χ3v) is 4.04. The first kappa shape index (κ1) is 20.5. The molecule has 1 amide bonds. The van der Waals surface area contributed by atoms with Gasteiger partial charge in [-0.3, -0.25) is 0 Å². The maximum absolute atomic E-state index is 12.0. The third kappa shape index (κ3) is 8.89. The second kappa shape index (κ2) is 11.9. The van der Waals surface area contributed by atoms with Gasteiger partial charge in [0.2, 0.25) is 0 Å². The van der Waals surface area contributed by atoms with Gasteiger partial charge >= 0.3 is 6.09 Å². The van der Waals surface area contributed by atoms with E-state index < -0.39 is 0 Å². The van der Waals surface area contributed by atoms with Gasteiger partial charge < -0.3 is 19.9 Å². The molecule has 0 saturated carbocycles. The smallest absolute Gasteiger partial charge is 0.409 e. The summed E-state index contributed by atoms with van der Waals surface area (Å²) in [6.07, 6.45) is 2.88. The molecule has 136 valence electrons. The van der Waals surface area contributed by atoms with Crippen LogP contribution in [0.4, 0.5) is 4.79 Å². The second-order valence-corrected chi connectivity index (χ2v) is 6.47. The number of benzene rings is 1. The zero-order valence-electron chi connectivity index (χ0n) is 15.6. The molecule has 0 saturated heterocycles. The van der Waals surface area contributed by atoms with Crippen molar-refractivity contribution in [2.75, 3.05) is 40.8 Å². The summed E-state index contributed by atoms with van der Waals surface area (Å²) in [7, 11) is 5.98. The fourth-order valence-electron chi connectivity index (χ4n) is 2.42. The van der Waals surface area contributed by atoms with Crippen molar-refractivity contribution < 1.29 is 9.53 Å². The molecule has 5 heteroatoms. The Balaban J connectivity index is 2.22. The van der Waals surface area contributed by atoms with Crippen molar-refractivity contribution >= 4 is 6.09 Å². The summed E-state index contributed by atoms with van der Waals surface area (Å²) < 4.78 is 5.34. The molecule has 0 aliphatic rings. The van der Waals surface area contributed by atoms with Crippen molar-refractivity contribution in [1.29, 1.82) is 0 Å². The Morgan fingerprint density at radius 1 is 1.17 bits per heavy atom. The molecule has 0 radical (unpaired) electrons. The number of carbonyl (C=O) groups is 1. The van der Waals surface area contributed by atoms with E-state index in [4.69, 9.17) is 4.74 Å². The SMILES string of the molecule is CCC(CCN(C)C(=O)OCc1ccccc1)NCCCN(C)C. The molecular weight excluding hydrogens is 302 g/mol. The average Bonchev–Trinajstić information content (AvgIpc) is 2.59. The number of nitrogens with one attached hydrogen (secondary N) is 1. The number of amides is 1. The van der Waals surface area contributed by atoms with E-state index in [1.165, 1.54) is 0 Å². The van der Waals surface area contributed by atoms with Crippen LogP contribution < -0.4 is 5.32 Å². The number of hydrogen-bond donors (Lipinski definition) is 1. The molecule has 1 N–H and O–H groups in total. The van der Waals surface area contributed by atoms with Crippen LogP contribution in [0.2, 0.25) is 0 Å². The van der Waals surface area contributed by atoms with Gasteiger partial charge in [-0.05, 0) is 52.0 Å². The Kier molecular flexibility index (Phi) is 10.1. The molecule has 0 heterocycles. The lowest BCUT2D eigenvalue weighted by Gasteiger charge is -2.22. The first-order chi connectivity index (χ1) is 11.5. The van der Waals surface area contributed by atoms with Gasteiger partial charge in [0.05, 0.1) is 0 Å². The molecule has 0 fully saturated rings. The first-order valence-electron chi connectivity index (χ1n) is 8.82. The Labute approximate surface area is 147 Å². The normalized spacial score (nSPS) is 12.2. The summed E-state index contributed by atoms with van der Waals surface area (Å²) in [6, 6.07) is 10.2. The van der Waals surface area contributed by atoms with Gasteiger partial charge in [0.25, 0.3) is 0 Å². The van der Waals surface area contributed by atoms with Crippen molar-refractivity contribution in [2.45, 2.75) is 38.8 Å². The molecule has 1 atom stereocenters. The van der Waals surface area contributed by atoms with E-state index in [9.17, 15) is 4.79 Å². The Morgan fingerprint density at radius 2 is 1.88 bits per heavy atom. The highest BCUT2D eigenvalue weighted by atomic mass is 16.6. The summed E-state index contributed by atoms with van der Waals surface area (Å²) in [6.45, 7) is 5.31. The number of carbonyl (C=O) groups excluding carboxylic acids is 1. The predicted octanol–water partition coefficient (Wildman–Crippen LogP) is 2.97. The van der Waals surface area contributed by atoms with Gasteiger partial charge in [0, 0.05) is 19.6 Å². The van der Waals surface area contributed by atoms with E-state index in [-0.39, 0.29) is 6.09 Å². The lowest BCUT2D eigenvalue weighted by molar-refractivity contribution is 0.103. The van der Waals surface area contributed by atoms with Gasteiger partial charge in [-0.1, -0.05) is 37.3 Å². The zero-order valence-corrected chi connectivity index (χ0v) is 15.6. The number of rotatable bonds is 11. The standard InChI is InChI=1S/C19H33N3O2/c1-5-18(20-13-9-14-21(2)3)12-15-22(4)19(23)24-16-17-10-7-6-8-11-17/h6-8,10-11,18,20H,5,9,12-16H2,1-4H3. The predicted molar refractivity (Wildman–Crippen MR) is 99.1 cm³/mol. The fraction of sp³-hybridized carbons (Fsp3) is 0.632. The molecule has 0 aromatic heterocycles. The topological polar surface area (TPSA) is 44.8 Å². The van der Waals surface area contributed by atoms with Crippen LogP contribution in [-0.2, 0) is 11.3 Å². The summed E-state index contributed by atoms with van der Waals surface area (Å²) in [5.74, 6) is 0. The van der Waals surface area contributed by atoms with Crippen LogP contribution in [-0.4, -0.2) is 62.7 Å². The molecule has 0 aliphatic carbocycles. The van der Waals surface area contributed by atoms with Gasteiger partial charge in [-0.15, -0.1) is 0 Å². The number of ether oxygens (including phenoxy) is 1. The van der Waals surface area contributed by atoms with Gasteiger partial charge in [-0.2, -0.15) is 0 Å². The van der Waals surface area contributed by atoms with Gasteiger partial charge in [0.15, 0.2) is 0 Å². The molecule has 1 aromatic rings. The van der Waals surface area contributed by atoms with Crippen LogP contribution >= 0.6 is 0 Å². The van der Waals surface area contributed by atoms with Crippen molar-refractivity contribution in [3.05, 3.63) is 35.9 Å². The Bertz CT molecular complexity index is 451. The molecule has 0 aliphatic heterocycles. The first-order valence-corrected chi connectivity index (χ1v) is 8.82. The second-order valence-electron chi connectivity index (χ2n) is 6.47. The summed E-state index contributed by atoms with van der Waals surface area (Å²) in [4.78, 5) is 15.9. The number of nitrogens with zero attached hydrogens (tertiary/aromatic N) is 2. The maximum Gasteiger partial charge on any atom is 0.409 e. The highest BCUT2D eigenvalue weighted by molar-refractivity contribution is 5.67. The third-order valence-electron chi connectivity index (χ3n) is 4.04. The monoisotopic (exact) mass is 335 g/mol. The van der Waals surface area contributed by atoms with Crippen LogP contribution in [0.25, 0.3) is 0 Å². The van der Waals surface area contributed by atoms with Crippen LogP contribution in [0, 0.1) is 0 Å². The molecule has 1 unspecified atom stereocenters. The maximum atomic E-state index is 12.0. The average molecular weight is 335 g/mol. The molecule has 5 nitrogen and oxygen atoms in total.